The minimum atomic E-state index is 0.837. The SMILES string of the molecule is Cn1c2c(c3cc(Cl)c4ccncc4c31)CCCC2. The quantitative estimate of drug-likeness (QED) is 0.597. The average molecular weight is 271 g/mol. The molecule has 0 aliphatic heterocycles. The Morgan fingerprint density at radius 2 is 2.00 bits per heavy atom. The van der Waals surface area contributed by atoms with Crippen LogP contribution in [0, 0.1) is 0 Å². The van der Waals surface area contributed by atoms with Gasteiger partial charge in [-0.15, -0.1) is 0 Å². The highest BCUT2D eigenvalue weighted by Gasteiger charge is 2.20. The molecule has 0 N–H and O–H groups in total. The van der Waals surface area contributed by atoms with E-state index in [9.17, 15) is 0 Å². The lowest BCUT2D eigenvalue weighted by atomic mass is 9.95. The van der Waals surface area contributed by atoms with Crippen molar-refractivity contribution in [2.75, 3.05) is 0 Å². The maximum absolute atomic E-state index is 6.45. The zero-order valence-corrected chi connectivity index (χ0v) is 11.7. The third-order valence-electron chi connectivity index (χ3n) is 4.36. The van der Waals surface area contributed by atoms with Crippen molar-refractivity contribution in [3.63, 3.8) is 0 Å². The summed E-state index contributed by atoms with van der Waals surface area (Å²) in [5, 5.41) is 4.43. The number of nitrogens with zero attached hydrogens (tertiary/aromatic N) is 2. The zero-order chi connectivity index (χ0) is 13.0. The summed E-state index contributed by atoms with van der Waals surface area (Å²) in [4.78, 5) is 4.28. The molecule has 3 heteroatoms. The molecule has 0 amide bonds. The van der Waals surface area contributed by atoms with Gasteiger partial charge in [-0.2, -0.15) is 0 Å². The Labute approximate surface area is 117 Å². The van der Waals surface area contributed by atoms with Gasteiger partial charge >= 0.3 is 0 Å². The topological polar surface area (TPSA) is 17.8 Å². The molecule has 1 aliphatic carbocycles. The second-order valence-corrected chi connectivity index (χ2v) is 5.77. The lowest BCUT2D eigenvalue weighted by Gasteiger charge is -2.12. The normalized spacial score (nSPS) is 15.1. The van der Waals surface area contributed by atoms with Crippen molar-refractivity contribution in [2.24, 2.45) is 7.05 Å². The third-order valence-corrected chi connectivity index (χ3v) is 4.68. The number of pyridine rings is 1. The van der Waals surface area contributed by atoms with E-state index in [0.29, 0.717) is 0 Å². The van der Waals surface area contributed by atoms with Gasteiger partial charge < -0.3 is 4.57 Å². The largest absolute Gasteiger partial charge is 0.347 e. The first-order valence-electron chi connectivity index (χ1n) is 6.79. The molecule has 3 aromatic rings. The number of hydrogen-bond donors (Lipinski definition) is 0. The highest BCUT2D eigenvalue weighted by atomic mass is 35.5. The van der Waals surface area contributed by atoms with Crippen molar-refractivity contribution < 1.29 is 0 Å². The van der Waals surface area contributed by atoms with E-state index in [2.05, 4.69) is 22.7 Å². The fourth-order valence-electron chi connectivity index (χ4n) is 3.49. The lowest BCUT2D eigenvalue weighted by Crippen LogP contribution is -2.04. The Morgan fingerprint density at radius 3 is 2.89 bits per heavy atom. The van der Waals surface area contributed by atoms with E-state index in [1.54, 1.807) is 0 Å². The van der Waals surface area contributed by atoms with E-state index in [1.807, 2.05) is 18.5 Å². The summed E-state index contributed by atoms with van der Waals surface area (Å²) in [6.07, 6.45) is 8.68. The van der Waals surface area contributed by atoms with Crippen LogP contribution < -0.4 is 0 Å². The van der Waals surface area contributed by atoms with Crippen LogP contribution in [0.15, 0.2) is 24.5 Å². The van der Waals surface area contributed by atoms with E-state index >= 15 is 0 Å². The molecule has 1 aromatic carbocycles. The summed E-state index contributed by atoms with van der Waals surface area (Å²) >= 11 is 6.45. The van der Waals surface area contributed by atoms with Crippen LogP contribution in [0.25, 0.3) is 21.7 Å². The van der Waals surface area contributed by atoms with Crippen molar-refractivity contribution in [1.29, 1.82) is 0 Å². The van der Waals surface area contributed by atoms with Crippen LogP contribution in [0.3, 0.4) is 0 Å². The Balaban J connectivity index is 2.25. The van der Waals surface area contributed by atoms with E-state index in [0.717, 1.165) is 10.4 Å². The summed E-state index contributed by atoms with van der Waals surface area (Å²) in [5.41, 5.74) is 4.27. The molecule has 2 aromatic heterocycles. The highest BCUT2D eigenvalue weighted by Crippen LogP contribution is 2.38. The van der Waals surface area contributed by atoms with Crippen LogP contribution in [-0.4, -0.2) is 9.55 Å². The van der Waals surface area contributed by atoms with Crippen molar-refractivity contribution in [3.8, 4) is 0 Å². The molecule has 19 heavy (non-hydrogen) atoms. The highest BCUT2D eigenvalue weighted by molar-refractivity contribution is 6.37. The molecule has 0 atom stereocenters. The van der Waals surface area contributed by atoms with Gasteiger partial charge in [0, 0.05) is 46.3 Å². The van der Waals surface area contributed by atoms with Crippen LogP contribution in [-0.2, 0) is 19.9 Å². The Hall–Kier alpha value is -1.54. The number of aryl methyl sites for hydroxylation is 2. The maximum atomic E-state index is 6.45. The number of rotatable bonds is 0. The van der Waals surface area contributed by atoms with Crippen LogP contribution in [0.2, 0.25) is 5.02 Å². The molecule has 4 rings (SSSR count). The molecule has 1 aliphatic rings. The fourth-order valence-corrected chi connectivity index (χ4v) is 3.76. The summed E-state index contributed by atoms with van der Waals surface area (Å²) in [7, 11) is 2.17. The number of halogens is 1. The van der Waals surface area contributed by atoms with E-state index in [-0.39, 0.29) is 0 Å². The van der Waals surface area contributed by atoms with Gasteiger partial charge in [0.2, 0.25) is 0 Å². The first-order chi connectivity index (χ1) is 9.27. The van der Waals surface area contributed by atoms with Crippen LogP contribution in [0.1, 0.15) is 24.1 Å². The van der Waals surface area contributed by atoms with Gasteiger partial charge in [-0.25, -0.2) is 0 Å². The summed E-state index contributed by atoms with van der Waals surface area (Å²) in [5.74, 6) is 0. The predicted octanol–water partition coefficient (Wildman–Crippen LogP) is 4.26. The van der Waals surface area contributed by atoms with Crippen molar-refractivity contribution in [3.05, 3.63) is 40.8 Å². The molecular formula is C16H15ClN2. The molecule has 0 saturated carbocycles. The molecule has 2 heterocycles. The predicted molar refractivity (Wildman–Crippen MR) is 79.9 cm³/mol. The summed E-state index contributed by atoms with van der Waals surface area (Å²) in [6, 6.07) is 4.15. The van der Waals surface area contributed by atoms with Crippen LogP contribution in [0.4, 0.5) is 0 Å². The fraction of sp³-hybridized carbons (Fsp3) is 0.312. The zero-order valence-electron chi connectivity index (χ0n) is 10.9. The first-order valence-corrected chi connectivity index (χ1v) is 7.17. The van der Waals surface area contributed by atoms with Gasteiger partial charge in [0.15, 0.2) is 0 Å². The second-order valence-electron chi connectivity index (χ2n) is 5.37. The molecule has 0 radical (unpaired) electrons. The number of hydrogen-bond acceptors (Lipinski definition) is 1. The van der Waals surface area contributed by atoms with E-state index in [4.69, 9.17) is 11.6 Å². The molecular weight excluding hydrogens is 256 g/mol. The van der Waals surface area contributed by atoms with E-state index in [1.165, 1.54) is 53.2 Å². The van der Waals surface area contributed by atoms with Gasteiger partial charge in [0.25, 0.3) is 0 Å². The molecule has 2 nitrogen and oxygen atoms in total. The monoisotopic (exact) mass is 270 g/mol. The van der Waals surface area contributed by atoms with Gasteiger partial charge in [0.1, 0.15) is 0 Å². The molecule has 96 valence electrons. The minimum absolute atomic E-state index is 0.837. The van der Waals surface area contributed by atoms with Gasteiger partial charge in [-0.1, -0.05) is 11.6 Å². The molecule has 0 saturated heterocycles. The number of fused-ring (bicyclic) bond motifs is 5. The Morgan fingerprint density at radius 1 is 1.16 bits per heavy atom. The Bertz CT molecular complexity index is 801. The van der Waals surface area contributed by atoms with E-state index < -0.39 is 0 Å². The molecule has 0 fully saturated rings. The number of aromatic nitrogens is 2. The molecule has 0 spiro atoms. The lowest BCUT2D eigenvalue weighted by molar-refractivity contribution is 0.653. The van der Waals surface area contributed by atoms with Crippen molar-refractivity contribution in [1.82, 2.24) is 9.55 Å². The summed E-state index contributed by atoms with van der Waals surface area (Å²) < 4.78 is 2.35. The second kappa shape index (κ2) is 3.97. The first kappa shape index (κ1) is 11.3. The third kappa shape index (κ3) is 1.47. The van der Waals surface area contributed by atoms with Gasteiger partial charge in [-0.3, -0.25) is 4.98 Å². The van der Waals surface area contributed by atoms with Crippen molar-refractivity contribution >= 4 is 33.3 Å². The smallest absolute Gasteiger partial charge is 0.0579 e. The number of benzene rings is 1. The van der Waals surface area contributed by atoms with Gasteiger partial charge in [0.05, 0.1) is 5.52 Å². The van der Waals surface area contributed by atoms with Gasteiger partial charge in [-0.05, 0) is 43.4 Å². The molecule has 0 unspecified atom stereocenters. The van der Waals surface area contributed by atoms with Crippen LogP contribution >= 0.6 is 11.6 Å². The van der Waals surface area contributed by atoms with Crippen LogP contribution in [0.5, 0.6) is 0 Å². The summed E-state index contributed by atoms with van der Waals surface area (Å²) in [6.45, 7) is 0. The van der Waals surface area contributed by atoms with Crippen molar-refractivity contribution in [2.45, 2.75) is 25.7 Å². The standard InChI is InChI=1S/C16H15ClN2/c1-19-15-5-3-2-4-11(15)12-8-14(17)10-6-7-18-9-13(10)16(12)19/h6-9H,2-5H2,1H3. The maximum Gasteiger partial charge on any atom is 0.0579 e. The average Bonchev–Trinajstić information content (AvgIpc) is 2.73. The Kier molecular flexibility index (Phi) is 2.36. The minimum Gasteiger partial charge on any atom is -0.347 e. The molecule has 0 bridgehead atoms.